The van der Waals surface area contributed by atoms with Crippen molar-refractivity contribution < 1.29 is 24.2 Å². The van der Waals surface area contributed by atoms with Crippen molar-refractivity contribution in [1.29, 1.82) is 0 Å². The number of hydrogen-bond acceptors (Lipinski definition) is 5. The van der Waals surface area contributed by atoms with E-state index in [2.05, 4.69) is 5.32 Å². The van der Waals surface area contributed by atoms with E-state index in [1.165, 1.54) is 37.0 Å². The third kappa shape index (κ3) is 7.08. The normalized spacial score (nSPS) is 24.0. The average Bonchev–Trinajstić information content (AvgIpc) is 3.08. The van der Waals surface area contributed by atoms with Crippen LogP contribution in [0.4, 0.5) is 4.79 Å². The van der Waals surface area contributed by atoms with Gasteiger partial charge in [0.25, 0.3) is 0 Å². The van der Waals surface area contributed by atoms with Crippen LogP contribution in [0.3, 0.4) is 0 Å². The van der Waals surface area contributed by atoms with Crippen LogP contribution >= 0.6 is 11.8 Å². The van der Waals surface area contributed by atoms with Gasteiger partial charge in [0.1, 0.15) is 12.1 Å². The van der Waals surface area contributed by atoms with Crippen LogP contribution in [0.25, 0.3) is 0 Å². The molecular weight excluding hydrogens is 392 g/mol. The highest BCUT2D eigenvalue weighted by molar-refractivity contribution is 8.00. The molecule has 1 heterocycles. The highest BCUT2D eigenvalue weighted by Crippen LogP contribution is 2.37. The summed E-state index contributed by atoms with van der Waals surface area (Å²) in [5.74, 6) is -1.29. The zero-order chi connectivity index (χ0) is 21.6. The molecule has 3 atom stereocenters. The van der Waals surface area contributed by atoms with E-state index >= 15 is 0 Å². The monoisotopic (exact) mass is 428 g/mol. The second-order valence-electron chi connectivity index (χ2n) is 8.96. The molecule has 2 N–H and O–H groups in total. The fraction of sp³-hybridized carbons (Fsp3) is 0.857. The number of alkyl carbamates (subject to hydrolysis) is 1. The van der Waals surface area contributed by atoms with Crippen LogP contribution in [0.5, 0.6) is 0 Å². The standard InChI is InChI=1S/C21H36N2O5S/c1-13(2)12-28-21(27)22-18(14(3)4)19(24)23-11-16(10-17(23)20(25)26)29-15-8-6-5-7-9-15/h13-18H,5-12H2,1-4H3,(H,22,27)(H,25,26)/t16-,17?,18+/m1/s1. The molecule has 0 bridgehead atoms. The zero-order valence-electron chi connectivity index (χ0n) is 18.1. The molecule has 1 aliphatic heterocycles. The van der Waals surface area contributed by atoms with Crippen LogP contribution in [0.2, 0.25) is 0 Å². The second-order valence-corrected chi connectivity index (χ2v) is 10.6. The molecule has 1 unspecified atom stereocenters. The fourth-order valence-corrected chi connectivity index (χ4v) is 5.64. The Kier molecular flexibility index (Phi) is 9.11. The lowest BCUT2D eigenvalue weighted by Crippen LogP contribution is -2.54. The molecule has 0 spiro atoms. The van der Waals surface area contributed by atoms with E-state index in [0.29, 0.717) is 18.2 Å². The Bertz CT molecular complexity index is 577. The largest absolute Gasteiger partial charge is 0.480 e. The maximum Gasteiger partial charge on any atom is 0.407 e. The lowest BCUT2D eigenvalue weighted by molar-refractivity contribution is -0.149. The summed E-state index contributed by atoms with van der Waals surface area (Å²) in [6, 6.07) is -1.63. The van der Waals surface area contributed by atoms with Gasteiger partial charge in [0.15, 0.2) is 0 Å². The van der Waals surface area contributed by atoms with Gasteiger partial charge in [-0.25, -0.2) is 9.59 Å². The molecule has 2 aliphatic rings. The number of carbonyl (C=O) groups is 3. The number of ether oxygens (including phenoxy) is 1. The molecule has 1 saturated heterocycles. The Morgan fingerprint density at radius 1 is 1.10 bits per heavy atom. The molecule has 0 aromatic rings. The fourth-order valence-electron chi connectivity index (χ4n) is 3.95. The molecule has 0 aromatic heterocycles. The molecule has 2 amide bonds. The lowest BCUT2D eigenvalue weighted by atomic mass is 10.0. The van der Waals surface area contributed by atoms with Gasteiger partial charge >= 0.3 is 12.1 Å². The van der Waals surface area contributed by atoms with Gasteiger partial charge in [0.2, 0.25) is 5.91 Å². The van der Waals surface area contributed by atoms with Crippen LogP contribution in [-0.4, -0.2) is 63.7 Å². The first-order valence-corrected chi connectivity index (χ1v) is 11.7. The number of thioether (sulfide) groups is 1. The molecular formula is C21H36N2O5S. The zero-order valence-corrected chi connectivity index (χ0v) is 18.9. The molecule has 2 rings (SSSR count). The molecule has 1 saturated carbocycles. The van der Waals surface area contributed by atoms with Crippen molar-refractivity contribution in [2.24, 2.45) is 11.8 Å². The van der Waals surface area contributed by atoms with Gasteiger partial charge < -0.3 is 20.1 Å². The molecule has 0 aromatic carbocycles. The number of carboxylic acid groups (broad SMARTS) is 1. The van der Waals surface area contributed by atoms with Crippen LogP contribution in [-0.2, 0) is 14.3 Å². The molecule has 1 aliphatic carbocycles. The summed E-state index contributed by atoms with van der Waals surface area (Å²) in [7, 11) is 0. The van der Waals surface area contributed by atoms with E-state index in [9.17, 15) is 19.5 Å². The number of amides is 2. The minimum absolute atomic E-state index is 0.129. The molecule has 29 heavy (non-hydrogen) atoms. The van der Waals surface area contributed by atoms with Crippen molar-refractivity contribution in [1.82, 2.24) is 10.2 Å². The van der Waals surface area contributed by atoms with Gasteiger partial charge in [-0.15, -0.1) is 0 Å². The average molecular weight is 429 g/mol. The lowest BCUT2D eigenvalue weighted by Gasteiger charge is -2.29. The number of aliphatic carboxylic acids is 1. The van der Waals surface area contributed by atoms with Crippen molar-refractivity contribution in [2.75, 3.05) is 13.2 Å². The van der Waals surface area contributed by atoms with Gasteiger partial charge in [-0.3, -0.25) is 4.79 Å². The smallest absolute Gasteiger partial charge is 0.407 e. The van der Waals surface area contributed by atoms with E-state index in [1.54, 1.807) is 0 Å². The Morgan fingerprint density at radius 3 is 2.31 bits per heavy atom. The van der Waals surface area contributed by atoms with Gasteiger partial charge in [-0.1, -0.05) is 47.0 Å². The molecule has 8 heteroatoms. The van der Waals surface area contributed by atoms with Crippen molar-refractivity contribution in [3.63, 3.8) is 0 Å². The number of nitrogens with zero attached hydrogens (tertiary/aromatic N) is 1. The van der Waals surface area contributed by atoms with E-state index in [-0.39, 0.29) is 29.6 Å². The number of nitrogens with one attached hydrogen (secondary N) is 1. The Morgan fingerprint density at radius 2 is 1.76 bits per heavy atom. The van der Waals surface area contributed by atoms with Crippen LogP contribution in [0, 0.1) is 11.8 Å². The van der Waals surface area contributed by atoms with Gasteiger partial charge in [-0.05, 0) is 31.1 Å². The number of carboxylic acids is 1. The molecule has 2 fully saturated rings. The van der Waals surface area contributed by atoms with E-state index in [0.717, 1.165) is 0 Å². The SMILES string of the molecule is CC(C)COC(=O)N[C@H](C(=O)N1C[C@H](SC2CCCCC2)CC1C(=O)O)C(C)C. The van der Waals surface area contributed by atoms with E-state index in [1.807, 2.05) is 39.5 Å². The maximum absolute atomic E-state index is 13.2. The highest BCUT2D eigenvalue weighted by atomic mass is 32.2. The Hall–Kier alpha value is -1.44. The van der Waals surface area contributed by atoms with Crippen LogP contribution in [0.15, 0.2) is 0 Å². The predicted molar refractivity (Wildman–Crippen MR) is 114 cm³/mol. The van der Waals surface area contributed by atoms with Crippen molar-refractivity contribution in [2.45, 2.75) is 88.8 Å². The quantitative estimate of drug-likeness (QED) is 0.614. The predicted octanol–water partition coefficient (Wildman–Crippen LogP) is 3.51. The van der Waals surface area contributed by atoms with Crippen molar-refractivity contribution in [3.8, 4) is 0 Å². The first-order chi connectivity index (χ1) is 13.7. The summed E-state index contributed by atoms with van der Waals surface area (Å²) in [5, 5.41) is 13.0. The van der Waals surface area contributed by atoms with Crippen molar-refractivity contribution in [3.05, 3.63) is 0 Å². The maximum atomic E-state index is 13.2. The topological polar surface area (TPSA) is 95.9 Å². The number of likely N-dealkylation sites (tertiary alicyclic amines) is 1. The summed E-state index contributed by atoms with van der Waals surface area (Å²) in [5.41, 5.74) is 0. The number of carbonyl (C=O) groups excluding carboxylic acids is 2. The van der Waals surface area contributed by atoms with Crippen molar-refractivity contribution >= 4 is 29.7 Å². The summed E-state index contributed by atoms with van der Waals surface area (Å²) in [6.07, 6.45) is 5.91. The highest BCUT2D eigenvalue weighted by Gasteiger charge is 2.43. The third-order valence-corrected chi connectivity index (χ3v) is 7.10. The summed E-state index contributed by atoms with van der Waals surface area (Å²) >= 11 is 1.85. The molecule has 166 valence electrons. The summed E-state index contributed by atoms with van der Waals surface area (Å²) in [4.78, 5) is 38.6. The summed E-state index contributed by atoms with van der Waals surface area (Å²) in [6.45, 7) is 8.24. The molecule has 0 radical (unpaired) electrons. The van der Waals surface area contributed by atoms with Crippen LogP contribution < -0.4 is 5.32 Å². The van der Waals surface area contributed by atoms with Gasteiger partial charge in [0.05, 0.1) is 6.61 Å². The number of hydrogen-bond donors (Lipinski definition) is 2. The minimum atomic E-state index is -0.977. The Balaban J connectivity index is 2.03. The van der Waals surface area contributed by atoms with E-state index in [4.69, 9.17) is 4.74 Å². The van der Waals surface area contributed by atoms with Gasteiger partial charge in [0, 0.05) is 17.0 Å². The third-order valence-electron chi connectivity index (χ3n) is 5.52. The minimum Gasteiger partial charge on any atom is -0.480 e. The summed E-state index contributed by atoms with van der Waals surface area (Å²) < 4.78 is 5.15. The first kappa shape index (κ1) is 23.8. The van der Waals surface area contributed by atoms with E-state index < -0.39 is 24.1 Å². The van der Waals surface area contributed by atoms with Gasteiger partial charge in [-0.2, -0.15) is 11.8 Å². The van der Waals surface area contributed by atoms with Crippen LogP contribution in [0.1, 0.15) is 66.2 Å². The Labute approximate surface area is 178 Å². The first-order valence-electron chi connectivity index (χ1n) is 10.8. The number of rotatable bonds is 8. The second kappa shape index (κ2) is 11.1. The molecule has 7 nitrogen and oxygen atoms in total.